The first-order valence-corrected chi connectivity index (χ1v) is 9.53. The maximum Gasteiger partial charge on any atom is 0.242 e. The van der Waals surface area contributed by atoms with Gasteiger partial charge in [0.1, 0.15) is 11.0 Å². The smallest absolute Gasteiger partial charge is 0.242 e. The lowest BCUT2D eigenvalue weighted by Gasteiger charge is -2.29. The van der Waals surface area contributed by atoms with Gasteiger partial charge in [0.15, 0.2) is 0 Å². The highest BCUT2D eigenvalue weighted by atomic mass is 32.2. The first-order valence-electron chi connectivity index (χ1n) is 8.04. The number of ether oxygens (including phenoxy) is 1. The topological polar surface area (TPSA) is 81.2 Å². The molecule has 0 atom stereocenters. The Kier molecular flexibility index (Phi) is 5.11. The number of aryl methyl sites for hydroxylation is 1. The van der Waals surface area contributed by atoms with E-state index in [1.165, 1.54) is 6.20 Å². The summed E-state index contributed by atoms with van der Waals surface area (Å²) in [5.41, 5.74) is 1.09. The molecule has 1 fully saturated rings. The van der Waals surface area contributed by atoms with Crippen LogP contribution in [0.2, 0.25) is 0 Å². The van der Waals surface area contributed by atoms with Crippen molar-refractivity contribution in [1.82, 2.24) is 14.7 Å². The average Bonchev–Trinajstić information content (AvgIpc) is 2.59. The normalized spacial score (nSPS) is 21.4. The molecule has 128 valence electrons. The van der Waals surface area contributed by atoms with Crippen molar-refractivity contribution in [3.63, 3.8) is 0 Å². The van der Waals surface area contributed by atoms with Crippen LogP contribution in [0, 0.1) is 6.92 Å². The minimum Gasteiger partial charge on any atom is -0.474 e. The second-order valence-corrected chi connectivity index (χ2v) is 7.79. The minimum absolute atomic E-state index is 0.0685. The maximum absolute atomic E-state index is 12.3. The highest BCUT2D eigenvalue weighted by Gasteiger charge is 2.26. The average molecular weight is 347 g/mol. The van der Waals surface area contributed by atoms with Crippen molar-refractivity contribution in [2.24, 2.45) is 0 Å². The van der Waals surface area contributed by atoms with Crippen LogP contribution in [0.25, 0.3) is 0 Å². The molecular formula is C17H21N3O3S. The predicted octanol–water partition coefficient (Wildman–Crippen LogP) is 2.45. The number of sulfonamides is 1. The summed E-state index contributed by atoms with van der Waals surface area (Å²) in [4.78, 5) is 8.31. The van der Waals surface area contributed by atoms with E-state index in [2.05, 4.69) is 14.7 Å². The maximum atomic E-state index is 12.3. The quantitative estimate of drug-likeness (QED) is 0.898. The van der Waals surface area contributed by atoms with Gasteiger partial charge in [-0.1, -0.05) is 6.07 Å². The number of nitrogens with one attached hydrogen (secondary N) is 1. The van der Waals surface area contributed by atoms with Gasteiger partial charge in [0.25, 0.3) is 0 Å². The molecule has 0 radical (unpaired) electrons. The molecular weight excluding hydrogens is 326 g/mol. The molecule has 1 N–H and O–H groups in total. The highest BCUT2D eigenvalue weighted by molar-refractivity contribution is 7.89. The fourth-order valence-corrected chi connectivity index (χ4v) is 4.05. The van der Waals surface area contributed by atoms with E-state index in [9.17, 15) is 8.42 Å². The van der Waals surface area contributed by atoms with Gasteiger partial charge < -0.3 is 4.74 Å². The second kappa shape index (κ2) is 7.27. The van der Waals surface area contributed by atoms with E-state index in [-0.39, 0.29) is 17.0 Å². The molecule has 6 nitrogen and oxygen atoms in total. The zero-order chi connectivity index (χ0) is 17.0. The molecule has 0 bridgehead atoms. The van der Waals surface area contributed by atoms with Crippen molar-refractivity contribution in [2.75, 3.05) is 0 Å². The van der Waals surface area contributed by atoms with Crippen LogP contribution in [-0.4, -0.2) is 30.5 Å². The van der Waals surface area contributed by atoms with Crippen molar-refractivity contribution in [1.29, 1.82) is 0 Å². The third-order valence-electron chi connectivity index (χ3n) is 4.11. The van der Waals surface area contributed by atoms with E-state index in [0.29, 0.717) is 5.88 Å². The Bertz CT molecular complexity index is 755. The molecule has 0 amide bonds. The Balaban J connectivity index is 1.53. The fourth-order valence-electron chi connectivity index (χ4n) is 2.79. The largest absolute Gasteiger partial charge is 0.474 e. The van der Waals surface area contributed by atoms with Crippen LogP contribution in [-0.2, 0) is 10.0 Å². The first-order chi connectivity index (χ1) is 11.5. The van der Waals surface area contributed by atoms with Crippen LogP contribution < -0.4 is 9.46 Å². The number of hydrogen-bond donors (Lipinski definition) is 1. The molecule has 1 saturated carbocycles. The van der Waals surface area contributed by atoms with Gasteiger partial charge in [0.2, 0.25) is 15.9 Å². The van der Waals surface area contributed by atoms with Crippen LogP contribution in [0.5, 0.6) is 5.88 Å². The SMILES string of the molecule is Cc1ccc(OC2CCC(NS(=O)(=O)c3cccnc3)CC2)nc1. The number of hydrogen-bond acceptors (Lipinski definition) is 5. The molecule has 24 heavy (non-hydrogen) atoms. The van der Waals surface area contributed by atoms with Crippen LogP contribution in [0.4, 0.5) is 0 Å². The monoisotopic (exact) mass is 347 g/mol. The molecule has 3 rings (SSSR count). The molecule has 0 unspecified atom stereocenters. The summed E-state index contributed by atoms with van der Waals surface area (Å²) in [6, 6.07) is 6.94. The standard InChI is InChI=1S/C17H21N3O3S/c1-13-4-9-17(19-11-13)23-15-7-5-14(6-8-15)20-24(21,22)16-3-2-10-18-12-16/h2-4,9-12,14-15,20H,5-8H2,1H3. The lowest BCUT2D eigenvalue weighted by Crippen LogP contribution is -2.39. The van der Waals surface area contributed by atoms with Gasteiger partial charge in [-0.05, 0) is 50.3 Å². The Morgan fingerprint density at radius 2 is 1.92 bits per heavy atom. The van der Waals surface area contributed by atoms with Crippen molar-refractivity contribution in [3.8, 4) is 5.88 Å². The van der Waals surface area contributed by atoms with Gasteiger partial charge in [-0.3, -0.25) is 4.98 Å². The molecule has 2 aromatic heterocycles. The van der Waals surface area contributed by atoms with Crippen molar-refractivity contribution in [3.05, 3.63) is 48.4 Å². The highest BCUT2D eigenvalue weighted by Crippen LogP contribution is 2.24. The van der Waals surface area contributed by atoms with Gasteiger partial charge in [-0.25, -0.2) is 18.1 Å². The van der Waals surface area contributed by atoms with Gasteiger partial charge in [-0.2, -0.15) is 0 Å². The molecule has 1 aliphatic carbocycles. The van der Waals surface area contributed by atoms with Crippen molar-refractivity contribution < 1.29 is 13.2 Å². The van der Waals surface area contributed by atoms with E-state index in [0.717, 1.165) is 31.2 Å². The third kappa shape index (κ3) is 4.30. The van der Waals surface area contributed by atoms with Crippen LogP contribution in [0.1, 0.15) is 31.2 Å². The predicted molar refractivity (Wildman–Crippen MR) is 90.2 cm³/mol. The van der Waals surface area contributed by atoms with Crippen LogP contribution in [0.15, 0.2) is 47.8 Å². The van der Waals surface area contributed by atoms with Crippen molar-refractivity contribution >= 4 is 10.0 Å². The third-order valence-corrected chi connectivity index (χ3v) is 5.62. The summed E-state index contributed by atoms with van der Waals surface area (Å²) >= 11 is 0. The number of pyridine rings is 2. The summed E-state index contributed by atoms with van der Waals surface area (Å²) in [6.07, 6.45) is 7.88. The second-order valence-electron chi connectivity index (χ2n) is 6.08. The number of nitrogens with zero attached hydrogens (tertiary/aromatic N) is 2. The lowest BCUT2D eigenvalue weighted by molar-refractivity contribution is 0.138. The summed E-state index contributed by atoms with van der Waals surface area (Å²) < 4.78 is 33.3. The van der Waals surface area contributed by atoms with Crippen LogP contribution >= 0.6 is 0 Å². The summed E-state index contributed by atoms with van der Waals surface area (Å²) in [5.74, 6) is 0.625. The molecule has 0 aromatic carbocycles. The lowest BCUT2D eigenvalue weighted by atomic mass is 9.94. The van der Waals surface area contributed by atoms with Gasteiger partial charge in [0.05, 0.1) is 0 Å². The first kappa shape index (κ1) is 16.9. The molecule has 1 aliphatic rings. The number of aromatic nitrogens is 2. The molecule has 7 heteroatoms. The molecule has 2 aromatic rings. The van der Waals surface area contributed by atoms with Crippen LogP contribution in [0.3, 0.4) is 0 Å². The van der Waals surface area contributed by atoms with Gasteiger partial charge in [0, 0.05) is 30.7 Å². The Labute approximate surface area is 142 Å². The van der Waals surface area contributed by atoms with E-state index in [4.69, 9.17) is 4.74 Å². The molecule has 0 spiro atoms. The summed E-state index contributed by atoms with van der Waals surface area (Å²) in [6.45, 7) is 1.98. The minimum atomic E-state index is -3.51. The van der Waals surface area contributed by atoms with Crippen molar-refractivity contribution in [2.45, 2.75) is 49.6 Å². The zero-order valence-electron chi connectivity index (χ0n) is 13.6. The Morgan fingerprint density at radius 3 is 2.54 bits per heavy atom. The fraction of sp³-hybridized carbons (Fsp3) is 0.412. The summed E-state index contributed by atoms with van der Waals surface area (Å²) in [5, 5.41) is 0. The van der Waals surface area contributed by atoms with E-state index < -0.39 is 10.0 Å². The zero-order valence-corrected chi connectivity index (χ0v) is 14.4. The van der Waals surface area contributed by atoms with E-state index in [1.807, 2.05) is 19.1 Å². The summed E-state index contributed by atoms with van der Waals surface area (Å²) in [7, 11) is -3.51. The Morgan fingerprint density at radius 1 is 1.12 bits per heavy atom. The van der Waals surface area contributed by atoms with E-state index >= 15 is 0 Å². The molecule has 0 aliphatic heterocycles. The van der Waals surface area contributed by atoms with Gasteiger partial charge in [-0.15, -0.1) is 0 Å². The Hall–Kier alpha value is -1.99. The van der Waals surface area contributed by atoms with Gasteiger partial charge >= 0.3 is 0 Å². The number of rotatable bonds is 5. The molecule has 0 saturated heterocycles. The molecule has 2 heterocycles. The van der Waals surface area contributed by atoms with E-state index in [1.54, 1.807) is 24.5 Å².